The van der Waals surface area contributed by atoms with Gasteiger partial charge in [0, 0.05) is 0 Å². The molecule has 1 aromatic carbocycles. The van der Waals surface area contributed by atoms with Crippen molar-refractivity contribution in [3.63, 3.8) is 0 Å². The number of halogens is 8. The van der Waals surface area contributed by atoms with Crippen molar-refractivity contribution >= 4 is 23.8 Å². The monoisotopic (exact) mass is 586 g/mol. The van der Waals surface area contributed by atoms with Gasteiger partial charge in [-0.05, 0) is 12.2 Å². The molecule has 0 atom stereocenters. The lowest BCUT2D eigenvalue weighted by Gasteiger charge is -2.21. The molecule has 216 valence electrons. The topological polar surface area (TPSA) is 38.7 Å². The summed E-state index contributed by atoms with van der Waals surface area (Å²) in [6.07, 6.45) is 3.70. The number of alkyl halides is 6. The molecule has 1 aromatic rings. The van der Waals surface area contributed by atoms with E-state index in [1.165, 1.54) is 44.9 Å². The summed E-state index contributed by atoms with van der Waals surface area (Å²) >= 11 is -0.518. The van der Waals surface area contributed by atoms with E-state index >= 15 is 0 Å². The van der Waals surface area contributed by atoms with Crippen molar-refractivity contribution in [3.05, 3.63) is 22.8 Å². The van der Waals surface area contributed by atoms with Crippen molar-refractivity contribution < 1.29 is 49.8 Å². The summed E-state index contributed by atoms with van der Waals surface area (Å²) in [5, 5.41) is 11.1. The van der Waals surface area contributed by atoms with Crippen LogP contribution in [0.5, 0.6) is 0 Å². The van der Waals surface area contributed by atoms with Crippen LogP contribution in [0.2, 0.25) is 0 Å². The standard InChI is InChI=1S/C24H34F8O3S2/c1-2-3-4-5-6-7-8-9-10-11-12-13-14-15-16-36-21-17(23(27,28)29)20(26)22(37-35-34-33)18(19(21)25)24(30,31)32/h33H,2-16H2,1H3. The van der Waals surface area contributed by atoms with Gasteiger partial charge in [-0.3, -0.25) is 0 Å². The minimum Gasteiger partial charge on any atom is -0.220 e. The number of unbranched alkanes of at least 4 members (excludes halogenated alkanes) is 13. The van der Waals surface area contributed by atoms with E-state index in [-0.39, 0.29) is 17.5 Å². The lowest BCUT2D eigenvalue weighted by atomic mass is 10.0. The maximum absolute atomic E-state index is 14.7. The van der Waals surface area contributed by atoms with Crippen LogP contribution in [0.3, 0.4) is 0 Å². The predicted octanol–water partition coefficient (Wildman–Crippen LogP) is 11.0. The van der Waals surface area contributed by atoms with Crippen LogP contribution in [0, 0.1) is 11.6 Å². The highest BCUT2D eigenvalue weighted by atomic mass is 32.2. The third-order valence-electron chi connectivity index (χ3n) is 5.75. The first-order valence-corrected chi connectivity index (χ1v) is 14.2. The Morgan fingerprint density at radius 3 is 1.41 bits per heavy atom. The van der Waals surface area contributed by atoms with Gasteiger partial charge in [-0.2, -0.15) is 26.3 Å². The summed E-state index contributed by atoms with van der Waals surface area (Å²) in [6, 6.07) is 0. The third-order valence-corrected chi connectivity index (χ3v) is 7.59. The van der Waals surface area contributed by atoms with Gasteiger partial charge in [0.05, 0.1) is 21.8 Å². The molecule has 0 bridgehead atoms. The Morgan fingerprint density at radius 2 is 1.00 bits per heavy atom. The van der Waals surface area contributed by atoms with Gasteiger partial charge < -0.3 is 0 Å². The smallest absolute Gasteiger partial charge is 0.220 e. The SMILES string of the molecule is CCCCCCCCCCCCCCCCSc1c(F)c(C(F)(F)F)c(SOOO)c(F)c1C(F)(F)F. The molecule has 1 N–H and O–H groups in total. The number of benzene rings is 1. The van der Waals surface area contributed by atoms with Crippen LogP contribution in [0.15, 0.2) is 9.79 Å². The van der Waals surface area contributed by atoms with E-state index in [1.54, 1.807) is 0 Å². The highest BCUT2D eigenvalue weighted by Gasteiger charge is 2.47. The molecule has 0 aliphatic heterocycles. The van der Waals surface area contributed by atoms with Gasteiger partial charge in [0.2, 0.25) is 0 Å². The molecule has 0 saturated carbocycles. The van der Waals surface area contributed by atoms with E-state index in [0.29, 0.717) is 12.8 Å². The van der Waals surface area contributed by atoms with E-state index in [1.807, 2.05) is 0 Å². The number of hydrogen-bond donors (Lipinski definition) is 1. The van der Waals surface area contributed by atoms with E-state index in [0.717, 1.165) is 32.1 Å². The van der Waals surface area contributed by atoms with E-state index in [9.17, 15) is 35.1 Å². The quantitative estimate of drug-likeness (QED) is 0.0436. The number of rotatable bonds is 19. The Balaban J connectivity index is 2.60. The Kier molecular flexibility index (Phi) is 16.4. The zero-order chi connectivity index (χ0) is 27.9. The fraction of sp³-hybridized carbons (Fsp3) is 0.750. The summed E-state index contributed by atoms with van der Waals surface area (Å²) < 4.78 is 114. The molecule has 0 radical (unpaired) electrons. The van der Waals surface area contributed by atoms with Crippen LogP contribution in [-0.2, 0) is 21.7 Å². The summed E-state index contributed by atoms with van der Waals surface area (Å²) in [5.74, 6) is -4.72. The first kappa shape index (κ1) is 34.3. The Hall–Kier alpha value is -0.760. The third kappa shape index (κ3) is 12.3. The Labute approximate surface area is 221 Å². The summed E-state index contributed by atoms with van der Waals surface area (Å²) in [6.45, 7) is 2.18. The second-order valence-electron chi connectivity index (χ2n) is 8.70. The fourth-order valence-corrected chi connectivity index (χ4v) is 5.58. The van der Waals surface area contributed by atoms with Crippen LogP contribution < -0.4 is 0 Å². The zero-order valence-electron chi connectivity index (χ0n) is 20.7. The molecule has 0 aliphatic rings. The van der Waals surface area contributed by atoms with E-state index in [2.05, 4.69) is 16.3 Å². The number of thioether (sulfide) groups is 1. The van der Waals surface area contributed by atoms with Crippen LogP contribution >= 0.6 is 23.8 Å². The van der Waals surface area contributed by atoms with Gasteiger partial charge in [-0.15, -0.1) is 16.1 Å². The van der Waals surface area contributed by atoms with Gasteiger partial charge in [0.1, 0.15) is 11.1 Å². The largest absolute Gasteiger partial charge is 0.420 e. The van der Waals surface area contributed by atoms with Crippen molar-refractivity contribution in [2.24, 2.45) is 0 Å². The molecule has 0 spiro atoms. The van der Waals surface area contributed by atoms with Crippen molar-refractivity contribution in [3.8, 4) is 0 Å². The van der Waals surface area contributed by atoms with Crippen LogP contribution in [-0.4, -0.2) is 11.0 Å². The summed E-state index contributed by atoms with van der Waals surface area (Å²) in [4.78, 5) is -3.28. The molecule has 3 nitrogen and oxygen atoms in total. The van der Waals surface area contributed by atoms with Crippen molar-refractivity contribution in [1.82, 2.24) is 0 Å². The second-order valence-corrected chi connectivity index (χ2v) is 10.5. The second kappa shape index (κ2) is 17.8. The van der Waals surface area contributed by atoms with E-state index < -0.39 is 56.9 Å². The van der Waals surface area contributed by atoms with Gasteiger partial charge >= 0.3 is 12.4 Å². The summed E-state index contributed by atoms with van der Waals surface area (Å²) in [7, 11) is 0. The molecule has 13 heteroatoms. The Bertz CT molecular complexity index is 789. The molecule has 1 rings (SSSR count). The first-order chi connectivity index (χ1) is 17.5. The first-order valence-electron chi connectivity index (χ1n) is 12.4. The molecule has 0 aliphatic carbocycles. The van der Waals surface area contributed by atoms with Crippen LogP contribution in [0.1, 0.15) is 108 Å². The normalized spacial score (nSPS) is 12.5. The lowest BCUT2D eigenvalue weighted by molar-refractivity contribution is -0.432. The average Bonchev–Trinajstić information content (AvgIpc) is 2.80. The van der Waals surface area contributed by atoms with Gasteiger partial charge in [0.15, 0.2) is 11.6 Å². The Morgan fingerprint density at radius 1 is 0.622 bits per heavy atom. The molecule has 0 heterocycles. The number of hydrogen-bond acceptors (Lipinski definition) is 5. The minimum atomic E-state index is -5.53. The van der Waals surface area contributed by atoms with Gasteiger partial charge in [0.25, 0.3) is 0 Å². The van der Waals surface area contributed by atoms with E-state index in [4.69, 9.17) is 5.26 Å². The molecule has 0 aromatic heterocycles. The fourth-order valence-electron chi connectivity index (χ4n) is 3.89. The van der Waals surface area contributed by atoms with Crippen molar-refractivity contribution in [1.29, 1.82) is 0 Å². The zero-order valence-corrected chi connectivity index (χ0v) is 22.3. The summed E-state index contributed by atoms with van der Waals surface area (Å²) in [5.41, 5.74) is -4.42. The molecule has 37 heavy (non-hydrogen) atoms. The molecule has 0 saturated heterocycles. The van der Waals surface area contributed by atoms with Crippen LogP contribution in [0.25, 0.3) is 0 Å². The molecule has 0 amide bonds. The van der Waals surface area contributed by atoms with Crippen molar-refractivity contribution in [2.75, 3.05) is 5.75 Å². The maximum Gasteiger partial charge on any atom is 0.420 e. The lowest BCUT2D eigenvalue weighted by Crippen LogP contribution is -2.19. The van der Waals surface area contributed by atoms with Gasteiger partial charge in [-0.1, -0.05) is 95.4 Å². The molecular formula is C24H34F8O3S2. The highest BCUT2D eigenvalue weighted by molar-refractivity contribution is 7.99. The molecule has 0 unspecified atom stereocenters. The maximum atomic E-state index is 14.7. The minimum absolute atomic E-state index is 0.114. The average molecular weight is 587 g/mol. The molecule has 0 fully saturated rings. The van der Waals surface area contributed by atoms with Crippen molar-refractivity contribution in [2.45, 2.75) is 119 Å². The highest BCUT2D eigenvalue weighted by Crippen LogP contribution is 2.49. The molecular weight excluding hydrogens is 552 g/mol. The van der Waals surface area contributed by atoms with Gasteiger partial charge in [-0.25, -0.2) is 14.0 Å². The predicted molar refractivity (Wildman–Crippen MR) is 128 cm³/mol. The van der Waals surface area contributed by atoms with Crippen LogP contribution in [0.4, 0.5) is 35.1 Å².